The fourth-order valence-corrected chi connectivity index (χ4v) is 6.55. The molecule has 1 saturated heterocycles. The van der Waals surface area contributed by atoms with Crippen molar-refractivity contribution in [1.29, 1.82) is 0 Å². The van der Waals surface area contributed by atoms with Crippen LogP contribution in [-0.4, -0.2) is 77.1 Å². The summed E-state index contributed by atoms with van der Waals surface area (Å²) < 4.78 is 33.1. The van der Waals surface area contributed by atoms with Gasteiger partial charge in [0.2, 0.25) is 11.8 Å². The number of aromatic nitrogens is 6. The first kappa shape index (κ1) is 31.2. The third-order valence-corrected chi connectivity index (χ3v) is 8.88. The van der Waals surface area contributed by atoms with E-state index in [9.17, 15) is 18.8 Å². The van der Waals surface area contributed by atoms with Crippen LogP contribution in [0.15, 0.2) is 61.3 Å². The second kappa shape index (κ2) is 13.0. The number of likely N-dealkylation sites (tertiary alicyclic amines) is 1. The highest BCUT2D eigenvalue weighted by molar-refractivity contribution is 6.10. The quantitative estimate of drug-likeness (QED) is 0.217. The lowest BCUT2D eigenvalue weighted by Crippen LogP contribution is -2.43. The standard InChI is InChI=1S/C34H33F2N9O3/c1-20(46)27-17-45(29-9-7-22(12-25(27)29)39-24-14-37-19-38-15-24)32(47)18-43-16-21(35)11-30(43)34(48)40-23-6-8-28(36)26(13-23)33-42-41-31-5-3-2-4-10-44(31)33/h6-9,12-15,17,19,21,30,39H,2-5,10-11,16,18H2,1H3,(H,40,48)/t21-,30+/m1/s1. The highest BCUT2D eigenvalue weighted by Crippen LogP contribution is 2.30. The molecule has 14 heteroatoms. The number of carbonyl (C=O) groups is 3. The number of nitrogens with zero attached hydrogens (tertiary/aromatic N) is 7. The first-order chi connectivity index (χ1) is 23.2. The zero-order chi connectivity index (χ0) is 33.4. The van der Waals surface area contributed by atoms with Gasteiger partial charge in [-0.15, -0.1) is 10.2 Å². The average molecular weight is 654 g/mol. The molecular weight excluding hydrogens is 620 g/mol. The second-order valence-electron chi connectivity index (χ2n) is 12.2. The van der Waals surface area contributed by atoms with E-state index in [0.717, 1.165) is 31.5 Å². The molecule has 3 aromatic heterocycles. The molecule has 5 heterocycles. The van der Waals surface area contributed by atoms with Crippen LogP contribution in [0.25, 0.3) is 22.3 Å². The van der Waals surface area contributed by atoms with Gasteiger partial charge in [0.15, 0.2) is 11.6 Å². The highest BCUT2D eigenvalue weighted by Gasteiger charge is 2.38. The van der Waals surface area contributed by atoms with Crippen LogP contribution >= 0.6 is 0 Å². The number of benzene rings is 2. The van der Waals surface area contributed by atoms with Crippen molar-refractivity contribution in [3.63, 3.8) is 0 Å². The first-order valence-corrected chi connectivity index (χ1v) is 15.9. The summed E-state index contributed by atoms with van der Waals surface area (Å²) in [4.78, 5) is 49.2. The maximum atomic E-state index is 15.0. The van der Waals surface area contributed by atoms with Gasteiger partial charge in [-0.2, -0.15) is 0 Å². The van der Waals surface area contributed by atoms with Gasteiger partial charge in [0.1, 0.15) is 24.1 Å². The number of ketones is 1. The molecule has 2 aliphatic heterocycles. The molecule has 0 spiro atoms. The van der Waals surface area contributed by atoms with E-state index in [1.54, 1.807) is 30.6 Å². The Kier molecular flexibility index (Phi) is 8.48. The molecule has 1 fully saturated rings. The number of aryl methyl sites for hydroxylation is 1. The molecule has 1 amide bonds. The molecule has 2 N–H and O–H groups in total. The van der Waals surface area contributed by atoms with Crippen molar-refractivity contribution < 1.29 is 23.2 Å². The number of Topliss-reactive ketones (excluding diaryl/α,β-unsaturated/α-hetero) is 1. The fraction of sp³-hybridized carbons (Fsp3) is 0.324. The predicted octanol–water partition coefficient (Wildman–Crippen LogP) is 5.19. The Bertz CT molecular complexity index is 2030. The number of fused-ring (bicyclic) bond motifs is 2. The molecule has 0 saturated carbocycles. The van der Waals surface area contributed by atoms with Gasteiger partial charge < -0.3 is 15.2 Å². The number of anilines is 3. The number of hydrogen-bond donors (Lipinski definition) is 2. The summed E-state index contributed by atoms with van der Waals surface area (Å²) in [5.41, 5.74) is 2.71. The molecule has 0 unspecified atom stereocenters. The number of carbonyl (C=O) groups excluding carboxylic acids is 3. The van der Waals surface area contributed by atoms with Crippen LogP contribution in [0.5, 0.6) is 0 Å². The molecule has 0 aliphatic carbocycles. The Balaban J connectivity index is 1.10. The van der Waals surface area contributed by atoms with Gasteiger partial charge in [0.05, 0.1) is 41.7 Å². The summed E-state index contributed by atoms with van der Waals surface area (Å²) in [7, 11) is 0. The van der Waals surface area contributed by atoms with E-state index < -0.39 is 29.8 Å². The summed E-state index contributed by atoms with van der Waals surface area (Å²) in [6.07, 6.45) is 8.44. The monoisotopic (exact) mass is 653 g/mol. The predicted molar refractivity (Wildman–Crippen MR) is 174 cm³/mol. The Morgan fingerprint density at radius 3 is 2.60 bits per heavy atom. The van der Waals surface area contributed by atoms with Crippen molar-refractivity contribution in [2.75, 3.05) is 23.7 Å². The van der Waals surface area contributed by atoms with Gasteiger partial charge in [-0.3, -0.25) is 23.9 Å². The number of rotatable bonds is 8. The SMILES string of the molecule is CC(=O)c1cn(C(=O)CN2C[C@H](F)C[C@H]2C(=O)Nc2ccc(F)c(-c3nnc4n3CCCCC4)c2)c2ccc(Nc3cncnc3)cc12. The number of alkyl halides is 1. The number of amides is 1. The fourth-order valence-electron chi connectivity index (χ4n) is 6.55. The minimum absolute atomic E-state index is 0.103. The van der Waals surface area contributed by atoms with E-state index in [2.05, 4.69) is 30.8 Å². The summed E-state index contributed by atoms with van der Waals surface area (Å²) in [6.45, 7) is 1.73. The first-order valence-electron chi connectivity index (χ1n) is 15.9. The highest BCUT2D eigenvalue weighted by atomic mass is 19.1. The summed E-state index contributed by atoms with van der Waals surface area (Å²) in [6, 6.07) is 8.52. The Morgan fingerprint density at radius 1 is 0.979 bits per heavy atom. The van der Waals surface area contributed by atoms with Crippen LogP contribution < -0.4 is 10.6 Å². The van der Waals surface area contributed by atoms with E-state index in [4.69, 9.17) is 0 Å². The average Bonchev–Trinajstić information content (AvgIpc) is 3.71. The van der Waals surface area contributed by atoms with Gasteiger partial charge in [0, 0.05) is 54.5 Å². The molecule has 7 rings (SSSR count). The van der Waals surface area contributed by atoms with Crippen LogP contribution in [0.1, 0.15) is 53.6 Å². The van der Waals surface area contributed by atoms with Gasteiger partial charge in [-0.25, -0.2) is 18.7 Å². The van der Waals surface area contributed by atoms with Crippen molar-refractivity contribution in [3.05, 3.63) is 78.5 Å². The molecule has 2 atom stereocenters. The molecule has 0 bridgehead atoms. The topological polar surface area (TPSA) is 140 Å². The third-order valence-electron chi connectivity index (χ3n) is 8.88. The molecule has 2 aromatic carbocycles. The molecule has 5 aromatic rings. The number of halogens is 2. The lowest BCUT2D eigenvalue weighted by atomic mass is 10.1. The Morgan fingerprint density at radius 2 is 1.79 bits per heavy atom. The lowest BCUT2D eigenvalue weighted by Gasteiger charge is -2.23. The summed E-state index contributed by atoms with van der Waals surface area (Å²) in [5.74, 6) is -0.448. The van der Waals surface area contributed by atoms with Gasteiger partial charge >= 0.3 is 0 Å². The summed E-state index contributed by atoms with van der Waals surface area (Å²) >= 11 is 0. The zero-order valence-corrected chi connectivity index (χ0v) is 26.2. The van der Waals surface area contributed by atoms with E-state index >= 15 is 4.39 Å². The molecule has 12 nitrogen and oxygen atoms in total. The number of hydrogen-bond acceptors (Lipinski definition) is 9. The zero-order valence-electron chi connectivity index (χ0n) is 26.2. The van der Waals surface area contributed by atoms with E-state index in [0.29, 0.717) is 45.9 Å². The molecule has 48 heavy (non-hydrogen) atoms. The largest absolute Gasteiger partial charge is 0.353 e. The Hall–Kier alpha value is -5.37. The smallest absolute Gasteiger partial charge is 0.245 e. The van der Waals surface area contributed by atoms with Gasteiger partial charge in [0.25, 0.3) is 0 Å². The van der Waals surface area contributed by atoms with E-state index in [1.165, 1.54) is 47.1 Å². The van der Waals surface area contributed by atoms with Gasteiger partial charge in [-0.05, 0) is 56.2 Å². The van der Waals surface area contributed by atoms with Crippen molar-refractivity contribution in [3.8, 4) is 11.4 Å². The van der Waals surface area contributed by atoms with Crippen LogP contribution in [0.4, 0.5) is 25.8 Å². The maximum absolute atomic E-state index is 15.0. The van der Waals surface area contributed by atoms with Crippen LogP contribution in [0.3, 0.4) is 0 Å². The minimum atomic E-state index is -1.33. The van der Waals surface area contributed by atoms with Crippen molar-refractivity contribution in [2.24, 2.45) is 0 Å². The lowest BCUT2D eigenvalue weighted by molar-refractivity contribution is -0.120. The van der Waals surface area contributed by atoms with E-state index in [1.807, 2.05) is 4.57 Å². The van der Waals surface area contributed by atoms with Crippen molar-refractivity contribution in [2.45, 2.75) is 57.8 Å². The Labute approximate surface area is 274 Å². The maximum Gasteiger partial charge on any atom is 0.245 e. The normalized spacial score (nSPS) is 18.0. The van der Waals surface area contributed by atoms with Crippen molar-refractivity contribution in [1.82, 2.24) is 34.2 Å². The van der Waals surface area contributed by atoms with Crippen LogP contribution in [0, 0.1) is 5.82 Å². The molecule has 2 aliphatic rings. The van der Waals surface area contributed by atoms with Crippen LogP contribution in [0.2, 0.25) is 0 Å². The van der Waals surface area contributed by atoms with Crippen molar-refractivity contribution >= 4 is 45.6 Å². The van der Waals surface area contributed by atoms with Crippen LogP contribution in [-0.2, 0) is 17.8 Å². The molecule has 0 radical (unpaired) electrons. The van der Waals surface area contributed by atoms with E-state index in [-0.39, 0.29) is 30.9 Å². The molecular formula is C34H33F2N9O3. The molecule has 246 valence electrons. The van der Waals surface area contributed by atoms with Gasteiger partial charge in [-0.1, -0.05) is 6.42 Å². The summed E-state index contributed by atoms with van der Waals surface area (Å²) in [5, 5.41) is 15.0. The number of nitrogens with one attached hydrogen (secondary N) is 2. The third kappa shape index (κ3) is 6.18. The minimum Gasteiger partial charge on any atom is -0.353 e. The second-order valence-corrected chi connectivity index (χ2v) is 12.2.